The van der Waals surface area contributed by atoms with E-state index in [1.165, 1.54) is 18.2 Å². The van der Waals surface area contributed by atoms with E-state index in [1.54, 1.807) is 12.1 Å². The van der Waals surface area contributed by atoms with Gasteiger partial charge in [-0.25, -0.2) is 0 Å². The van der Waals surface area contributed by atoms with Crippen molar-refractivity contribution in [1.82, 2.24) is 0 Å². The molecule has 0 atom stereocenters. The minimum absolute atomic E-state index is 0.387. The van der Waals surface area contributed by atoms with Gasteiger partial charge in [-0.3, -0.25) is 0 Å². The topological polar surface area (TPSA) is 82.9 Å². The van der Waals surface area contributed by atoms with Gasteiger partial charge in [-0.2, -0.15) is 8.42 Å². The number of azide groups is 1. The molecule has 0 N–H and O–H groups in total. The van der Waals surface area contributed by atoms with Crippen molar-refractivity contribution in [3.63, 3.8) is 0 Å². The summed E-state index contributed by atoms with van der Waals surface area (Å²) in [7, 11) is -4.70. The molecule has 5 nitrogen and oxygen atoms in total. The van der Waals surface area contributed by atoms with E-state index in [0.717, 1.165) is 6.07 Å². The molecule has 0 bridgehead atoms. The smallest absolute Gasteiger partial charge is 0.189 e. The van der Waals surface area contributed by atoms with Crippen molar-refractivity contribution in [3.8, 4) is 0 Å². The first-order valence-electron chi connectivity index (χ1n) is 4.54. The van der Waals surface area contributed by atoms with E-state index >= 15 is 0 Å². The summed E-state index contributed by atoms with van der Waals surface area (Å²) in [4.78, 5) is 2.25. The molecule has 0 saturated heterocycles. The number of halogens is 1. The summed E-state index contributed by atoms with van der Waals surface area (Å²) in [5.74, 6) is 0. The maximum absolute atomic E-state index is 12.8. The molecule has 0 radical (unpaired) electrons. The van der Waals surface area contributed by atoms with E-state index in [9.17, 15) is 12.3 Å². The highest BCUT2D eigenvalue weighted by Crippen LogP contribution is 2.24. The van der Waals surface area contributed by atoms with Crippen LogP contribution in [0.4, 0.5) is 9.57 Å². The molecule has 0 amide bonds. The average molecular weight is 251 g/mol. The first-order chi connectivity index (χ1) is 8.00. The van der Waals surface area contributed by atoms with Gasteiger partial charge in [0, 0.05) is 10.6 Å². The molecule has 0 aliphatic carbocycles. The van der Waals surface area contributed by atoms with E-state index in [2.05, 4.69) is 10.0 Å². The van der Waals surface area contributed by atoms with Gasteiger partial charge in [0.05, 0.1) is 4.90 Å². The molecule has 0 aliphatic rings. The Morgan fingerprint density at radius 1 is 1.12 bits per heavy atom. The van der Waals surface area contributed by atoms with E-state index in [0.29, 0.717) is 16.5 Å². The van der Waals surface area contributed by atoms with Crippen molar-refractivity contribution in [3.05, 3.63) is 46.8 Å². The van der Waals surface area contributed by atoms with Crippen molar-refractivity contribution in [2.24, 2.45) is 5.11 Å². The Bertz CT molecular complexity index is 736. The Balaban J connectivity index is 2.66. The average Bonchev–Trinajstić information content (AvgIpc) is 2.27. The largest absolute Gasteiger partial charge is 0.332 e. The summed E-state index contributed by atoms with van der Waals surface area (Å²) >= 11 is 0. The highest BCUT2D eigenvalue weighted by atomic mass is 32.3. The lowest BCUT2D eigenvalue weighted by molar-refractivity contribution is 0.552. The second-order valence-corrected chi connectivity index (χ2v) is 4.67. The van der Waals surface area contributed by atoms with Gasteiger partial charge in [-0.05, 0) is 34.5 Å². The molecule has 86 valence electrons. The fraction of sp³-hybridized carbons (Fsp3) is 0. The van der Waals surface area contributed by atoms with Crippen LogP contribution in [0.3, 0.4) is 0 Å². The predicted molar refractivity (Wildman–Crippen MR) is 61.0 cm³/mol. The first-order valence-corrected chi connectivity index (χ1v) is 5.92. The molecule has 0 aromatic heterocycles. The van der Waals surface area contributed by atoms with Gasteiger partial charge < -0.3 is 0 Å². The van der Waals surface area contributed by atoms with Crippen LogP contribution in [0.25, 0.3) is 21.2 Å². The van der Waals surface area contributed by atoms with Gasteiger partial charge in [0.15, 0.2) is 0 Å². The second-order valence-electron chi connectivity index (χ2n) is 3.32. The molecule has 17 heavy (non-hydrogen) atoms. The summed E-state index contributed by atoms with van der Waals surface area (Å²) in [6.07, 6.45) is 0. The monoisotopic (exact) mass is 251 g/mol. The van der Waals surface area contributed by atoms with Gasteiger partial charge in [-0.1, -0.05) is 23.3 Å². The van der Waals surface area contributed by atoms with Gasteiger partial charge in [0.25, 0.3) is 0 Å². The van der Waals surface area contributed by atoms with Crippen LogP contribution in [0.5, 0.6) is 0 Å². The van der Waals surface area contributed by atoms with Crippen molar-refractivity contribution in [2.75, 3.05) is 0 Å². The number of benzene rings is 2. The van der Waals surface area contributed by atoms with E-state index in [-0.39, 0.29) is 4.90 Å². The van der Waals surface area contributed by atoms with Crippen molar-refractivity contribution < 1.29 is 12.3 Å². The van der Waals surface area contributed by atoms with E-state index in [1.807, 2.05) is 0 Å². The Morgan fingerprint density at radius 3 is 2.41 bits per heavy atom. The summed E-state index contributed by atoms with van der Waals surface area (Å²) in [5.41, 5.74) is 8.68. The highest BCUT2D eigenvalue weighted by Gasteiger charge is 2.11. The van der Waals surface area contributed by atoms with Crippen LogP contribution in [0.15, 0.2) is 46.4 Å². The summed E-state index contributed by atoms with van der Waals surface area (Å²) < 4.78 is 34.2. The van der Waals surface area contributed by atoms with Gasteiger partial charge in [0.1, 0.15) is 0 Å². The molecular formula is C10H6FN3O2S. The standard InChI is InChI=1S/C10H6FN3O2S/c11-17(15,16)10-4-2-7-5-9(13-14-12)3-1-8(7)6-10/h1-6H. The van der Waals surface area contributed by atoms with Crippen molar-refractivity contribution in [1.29, 1.82) is 0 Å². The van der Waals surface area contributed by atoms with Crippen molar-refractivity contribution in [2.45, 2.75) is 4.90 Å². The fourth-order valence-corrected chi connectivity index (χ4v) is 1.98. The number of rotatable bonds is 2. The predicted octanol–water partition coefficient (Wildman–Crippen LogP) is 3.44. The minimum Gasteiger partial charge on any atom is -0.189 e. The summed E-state index contributed by atoms with van der Waals surface area (Å²) in [5, 5.41) is 4.64. The van der Waals surface area contributed by atoms with Crippen LogP contribution in [-0.4, -0.2) is 8.42 Å². The molecule has 0 saturated carbocycles. The lowest BCUT2D eigenvalue weighted by Crippen LogP contribution is -1.91. The van der Waals surface area contributed by atoms with Crippen LogP contribution in [0, 0.1) is 0 Å². The maximum Gasteiger partial charge on any atom is 0.332 e. The van der Waals surface area contributed by atoms with Crippen LogP contribution < -0.4 is 0 Å². The minimum atomic E-state index is -4.70. The lowest BCUT2D eigenvalue weighted by atomic mass is 10.1. The van der Waals surface area contributed by atoms with Crippen LogP contribution in [0.2, 0.25) is 0 Å². The van der Waals surface area contributed by atoms with E-state index < -0.39 is 10.2 Å². The molecule has 0 fully saturated rings. The quantitative estimate of drug-likeness (QED) is 0.354. The maximum atomic E-state index is 12.8. The van der Waals surface area contributed by atoms with Crippen molar-refractivity contribution >= 4 is 26.7 Å². The molecule has 0 unspecified atom stereocenters. The molecule has 7 heteroatoms. The summed E-state index contributed by atoms with van der Waals surface area (Å²) in [6, 6.07) is 8.52. The Morgan fingerprint density at radius 2 is 1.76 bits per heavy atom. The summed E-state index contributed by atoms with van der Waals surface area (Å²) in [6.45, 7) is 0. The third-order valence-corrected chi connectivity index (χ3v) is 3.05. The molecule has 0 heterocycles. The van der Waals surface area contributed by atoms with Crippen LogP contribution >= 0.6 is 0 Å². The molecular weight excluding hydrogens is 245 g/mol. The molecule has 0 aliphatic heterocycles. The zero-order valence-electron chi connectivity index (χ0n) is 8.41. The second kappa shape index (κ2) is 4.04. The molecule has 2 rings (SSSR count). The first kappa shape index (κ1) is 11.4. The third kappa shape index (κ3) is 2.35. The molecule has 2 aromatic rings. The Labute approximate surface area is 96.3 Å². The van der Waals surface area contributed by atoms with Gasteiger partial charge >= 0.3 is 10.2 Å². The zero-order valence-corrected chi connectivity index (χ0v) is 9.22. The zero-order chi connectivity index (χ0) is 12.5. The third-order valence-electron chi connectivity index (χ3n) is 2.24. The molecule has 2 aromatic carbocycles. The number of fused-ring (bicyclic) bond motifs is 1. The van der Waals surface area contributed by atoms with Crippen LogP contribution in [0.1, 0.15) is 0 Å². The number of hydrogen-bond acceptors (Lipinski definition) is 3. The van der Waals surface area contributed by atoms with Gasteiger partial charge in [0.2, 0.25) is 0 Å². The van der Waals surface area contributed by atoms with Gasteiger partial charge in [-0.15, -0.1) is 3.89 Å². The lowest BCUT2D eigenvalue weighted by Gasteiger charge is -2.00. The van der Waals surface area contributed by atoms with Crippen LogP contribution in [-0.2, 0) is 10.2 Å². The highest BCUT2D eigenvalue weighted by molar-refractivity contribution is 7.86. The Kier molecular flexibility index (Phi) is 2.71. The SMILES string of the molecule is [N-]=[N+]=Nc1ccc2cc(S(=O)(=O)F)ccc2c1. The normalized spacial score (nSPS) is 11.1. The number of nitrogens with zero attached hydrogens (tertiary/aromatic N) is 3. The Hall–Kier alpha value is -2.11. The molecule has 0 spiro atoms. The fourth-order valence-electron chi connectivity index (χ4n) is 1.48. The number of hydrogen-bond donors (Lipinski definition) is 0. The van der Waals surface area contributed by atoms with E-state index in [4.69, 9.17) is 5.53 Å².